The van der Waals surface area contributed by atoms with Crippen molar-refractivity contribution in [2.75, 3.05) is 30.9 Å². The highest BCUT2D eigenvalue weighted by atomic mass is 19.3. The number of aromatic amines is 1. The van der Waals surface area contributed by atoms with Crippen LogP contribution in [0.15, 0.2) is 6.07 Å². The number of rotatable bonds is 5. The topological polar surface area (TPSA) is 90.0 Å². The van der Waals surface area contributed by atoms with Gasteiger partial charge in [0, 0.05) is 56.7 Å². The Bertz CT molecular complexity index is 1020. The molecule has 5 rings (SSSR count). The summed E-state index contributed by atoms with van der Waals surface area (Å²) in [6, 6.07) is 1.56. The Hall–Kier alpha value is -2.78. The second-order valence-corrected chi connectivity index (χ2v) is 9.36. The zero-order valence-corrected chi connectivity index (χ0v) is 18.5. The van der Waals surface area contributed by atoms with Crippen molar-refractivity contribution in [2.45, 2.75) is 69.2 Å². The molecule has 1 saturated carbocycles. The van der Waals surface area contributed by atoms with Crippen LogP contribution in [0.1, 0.15) is 61.4 Å². The Morgan fingerprint density at radius 1 is 1.25 bits per heavy atom. The zero-order chi connectivity index (χ0) is 22.5. The number of carbonyl (C=O) groups excluding carboxylic acids is 1. The number of carbonyl (C=O) groups is 1. The summed E-state index contributed by atoms with van der Waals surface area (Å²) < 4.78 is 27.2. The van der Waals surface area contributed by atoms with Crippen molar-refractivity contribution in [3.8, 4) is 0 Å². The lowest BCUT2D eigenvalue weighted by Gasteiger charge is -2.27. The average Bonchev–Trinajstić information content (AvgIpc) is 3.53. The number of alkyl halides is 2. The molecular weight excluding hydrogens is 416 g/mol. The first-order chi connectivity index (χ1) is 15.3. The van der Waals surface area contributed by atoms with Crippen LogP contribution in [0.2, 0.25) is 0 Å². The third kappa shape index (κ3) is 3.91. The number of anilines is 3. The van der Waals surface area contributed by atoms with Crippen LogP contribution in [0.5, 0.6) is 0 Å². The number of nitrogens with one attached hydrogen (secondary N) is 2. The van der Waals surface area contributed by atoms with Crippen LogP contribution < -0.4 is 10.2 Å². The Balaban J connectivity index is 1.40. The molecule has 2 aliphatic carbocycles. The van der Waals surface area contributed by atoms with Gasteiger partial charge in [-0.2, -0.15) is 10.1 Å². The lowest BCUT2D eigenvalue weighted by atomic mass is 10.0. The second kappa shape index (κ2) is 7.97. The summed E-state index contributed by atoms with van der Waals surface area (Å²) in [5, 5.41) is 10.5. The van der Waals surface area contributed by atoms with Crippen molar-refractivity contribution in [3.05, 3.63) is 23.0 Å². The molecule has 8 nitrogen and oxygen atoms in total. The first-order valence-corrected chi connectivity index (χ1v) is 11.4. The van der Waals surface area contributed by atoms with Crippen molar-refractivity contribution in [3.63, 3.8) is 0 Å². The van der Waals surface area contributed by atoms with Gasteiger partial charge in [0.05, 0.1) is 5.69 Å². The van der Waals surface area contributed by atoms with Gasteiger partial charge in [0.1, 0.15) is 11.9 Å². The summed E-state index contributed by atoms with van der Waals surface area (Å²) in [4.78, 5) is 25.9. The van der Waals surface area contributed by atoms with Gasteiger partial charge in [-0.15, -0.1) is 0 Å². The van der Waals surface area contributed by atoms with Gasteiger partial charge >= 0.3 is 0 Å². The lowest BCUT2D eigenvalue weighted by molar-refractivity contribution is -0.129. The molecular formula is C22H29F2N7O. The Morgan fingerprint density at radius 2 is 2.09 bits per heavy atom. The number of hydrogen-bond acceptors (Lipinski definition) is 6. The molecule has 3 heterocycles. The minimum atomic E-state index is -2.60. The summed E-state index contributed by atoms with van der Waals surface area (Å²) >= 11 is 0. The number of amides is 1. The predicted octanol–water partition coefficient (Wildman–Crippen LogP) is 3.39. The molecule has 2 atom stereocenters. The summed E-state index contributed by atoms with van der Waals surface area (Å²) in [6.07, 6.45) is 4.70. The van der Waals surface area contributed by atoms with Crippen LogP contribution in [0.4, 0.5) is 26.4 Å². The molecule has 2 fully saturated rings. The summed E-state index contributed by atoms with van der Waals surface area (Å²) in [6.45, 7) is 0.741. The molecule has 1 saturated heterocycles. The molecule has 2 N–H and O–H groups in total. The van der Waals surface area contributed by atoms with E-state index in [0.29, 0.717) is 24.0 Å². The van der Waals surface area contributed by atoms with E-state index in [0.717, 1.165) is 55.6 Å². The highest BCUT2D eigenvalue weighted by molar-refractivity contribution is 5.85. The van der Waals surface area contributed by atoms with Crippen molar-refractivity contribution >= 4 is 23.5 Å². The number of H-pyrrole nitrogens is 1. The smallest absolute Gasteiger partial charge is 0.248 e. The van der Waals surface area contributed by atoms with Crippen LogP contribution in [0, 0.1) is 0 Å². The molecule has 10 heteroatoms. The Labute approximate surface area is 185 Å². The fourth-order valence-corrected chi connectivity index (χ4v) is 5.16. The minimum absolute atomic E-state index is 0.0615. The van der Waals surface area contributed by atoms with Crippen LogP contribution >= 0.6 is 0 Å². The number of halogens is 2. The van der Waals surface area contributed by atoms with Gasteiger partial charge in [0.2, 0.25) is 17.8 Å². The predicted molar refractivity (Wildman–Crippen MR) is 117 cm³/mol. The van der Waals surface area contributed by atoms with Gasteiger partial charge in [-0.05, 0) is 38.5 Å². The molecule has 0 aromatic carbocycles. The normalized spacial score (nSPS) is 24.1. The molecule has 172 valence electrons. The maximum atomic E-state index is 13.6. The highest BCUT2D eigenvalue weighted by Crippen LogP contribution is 2.44. The van der Waals surface area contributed by atoms with Crippen molar-refractivity contribution in [2.24, 2.45) is 0 Å². The largest absolute Gasteiger partial charge is 0.347 e. The van der Waals surface area contributed by atoms with Crippen LogP contribution in [0.25, 0.3) is 0 Å². The molecule has 0 unspecified atom stereocenters. The molecule has 1 amide bonds. The Morgan fingerprint density at radius 3 is 2.84 bits per heavy atom. The number of aryl methyl sites for hydroxylation is 1. The number of likely N-dealkylation sites (N-methyl/N-ethyl adjacent to an activating group) is 1. The van der Waals surface area contributed by atoms with Crippen LogP contribution in [0.3, 0.4) is 0 Å². The van der Waals surface area contributed by atoms with E-state index in [1.165, 1.54) is 0 Å². The van der Waals surface area contributed by atoms with Gasteiger partial charge in [-0.3, -0.25) is 9.89 Å². The van der Waals surface area contributed by atoms with Crippen molar-refractivity contribution < 1.29 is 13.6 Å². The molecule has 0 bridgehead atoms. The first kappa shape index (κ1) is 21.1. The third-order valence-electron chi connectivity index (χ3n) is 6.84. The van der Waals surface area contributed by atoms with E-state index in [-0.39, 0.29) is 30.7 Å². The van der Waals surface area contributed by atoms with Crippen LogP contribution in [-0.4, -0.2) is 63.6 Å². The van der Waals surface area contributed by atoms with E-state index >= 15 is 0 Å². The van der Waals surface area contributed by atoms with Crippen molar-refractivity contribution in [1.29, 1.82) is 0 Å². The van der Waals surface area contributed by atoms with Gasteiger partial charge in [-0.1, -0.05) is 0 Å². The number of nitrogens with zero attached hydrogens (tertiary/aromatic N) is 5. The fourth-order valence-electron chi connectivity index (χ4n) is 5.16. The highest BCUT2D eigenvalue weighted by Gasteiger charge is 2.40. The van der Waals surface area contributed by atoms with E-state index in [9.17, 15) is 13.6 Å². The molecule has 0 radical (unpaired) electrons. The standard InChI is InChI=1S/C22H29F2N7O/c1-30(2)20(32)17-7-4-10-31(17)21-25-15-6-3-5-14(15)19(27-21)26-18-11-16(28-29-18)13-8-9-22(23,24)12-13/h11,13,17H,3-10,12H2,1-2H3,(H2,25,26,27,28,29)/t13-,17+/m1/s1. The number of aromatic nitrogens is 4. The van der Waals surface area contributed by atoms with Gasteiger partial charge < -0.3 is 15.1 Å². The molecule has 3 aliphatic rings. The van der Waals surface area contributed by atoms with Gasteiger partial charge in [0.15, 0.2) is 5.82 Å². The van der Waals surface area contributed by atoms with E-state index < -0.39 is 5.92 Å². The molecule has 2 aromatic rings. The maximum absolute atomic E-state index is 13.6. The molecule has 0 spiro atoms. The van der Waals surface area contributed by atoms with E-state index in [1.54, 1.807) is 19.0 Å². The average molecular weight is 446 g/mol. The Kier molecular flexibility index (Phi) is 5.25. The summed E-state index contributed by atoms with van der Waals surface area (Å²) in [5.41, 5.74) is 2.80. The molecule has 32 heavy (non-hydrogen) atoms. The second-order valence-electron chi connectivity index (χ2n) is 9.36. The van der Waals surface area contributed by atoms with E-state index in [1.807, 2.05) is 11.0 Å². The van der Waals surface area contributed by atoms with Crippen molar-refractivity contribution in [1.82, 2.24) is 25.1 Å². The van der Waals surface area contributed by atoms with Gasteiger partial charge in [0.25, 0.3) is 0 Å². The van der Waals surface area contributed by atoms with E-state index in [4.69, 9.17) is 9.97 Å². The SMILES string of the molecule is CN(C)C(=O)[C@@H]1CCCN1c1nc2c(c(Nc3cc([C@@H]4CCC(F)(F)C4)[nH]n3)n1)CCC2. The summed E-state index contributed by atoms with van der Waals surface area (Å²) in [5.74, 6) is -0.913. The summed E-state index contributed by atoms with van der Waals surface area (Å²) in [7, 11) is 3.54. The zero-order valence-electron chi connectivity index (χ0n) is 18.5. The van der Waals surface area contributed by atoms with Gasteiger partial charge in [-0.25, -0.2) is 13.8 Å². The lowest BCUT2D eigenvalue weighted by Crippen LogP contribution is -2.43. The quantitative estimate of drug-likeness (QED) is 0.733. The monoisotopic (exact) mass is 445 g/mol. The first-order valence-electron chi connectivity index (χ1n) is 11.4. The number of fused-ring (bicyclic) bond motifs is 1. The molecule has 1 aliphatic heterocycles. The number of hydrogen-bond donors (Lipinski definition) is 2. The van der Waals surface area contributed by atoms with E-state index in [2.05, 4.69) is 15.5 Å². The van der Waals surface area contributed by atoms with Crippen LogP contribution in [-0.2, 0) is 17.6 Å². The third-order valence-corrected chi connectivity index (χ3v) is 6.84. The fraction of sp³-hybridized carbons (Fsp3) is 0.636. The minimum Gasteiger partial charge on any atom is -0.347 e. The molecule has 2 aromatic heterocycles. The maximum Gasteiger partial charge on any atom is 0.248 e.